The third-order valence-corrected chi connectivity index (χ3v) is 3.06. The van der Waals surface area contributed by atoms with E-state index in [0.717, 1.165) is 18.3 Å². The van der Waals surface area contributed by atoms with Crippen LogP contribution in [0.4, 0.5) is 11.8 Å². The third-order valence-electron chi connectivity index (χ3n) is 3.06. The summed E-state index contributed by atoms with van der Waals surface area (Å²) < 4.78 is 0. The van der Waals surface area contributed by atoms with E-state index in [0.29, 0.717) is 6.04 Å². The quantitative estimate of drug-likeness (QED) is 0.848. The van der Waals surface area contributed by atoms with Gasteiger partial charge in [-0.2, -0.15) is 4.98 Å². The van der Waals surface area contributed by atoms with Gasteiger partial charge in [-0.3, -0.25) is 0 Å². The minimum Gasteiger partial charge on any atom is -0.363 e. The largest absolute Gasteiger partial charge is 0.363 e. The minimum absolute atomic E-state index is 0.464. The number of piperidine rings is 1. The van der Waals surface area contributed by atoms with Crippen LogP contribution in [0.1, 0.15) is 12.8 Å². The third kappa shape index (κ3) is 3.30. The fraction of sp³-hybridized carbons (Fsp3) is 0.667. The van der Waals surface area contributed by atoms with Gasteiger partial charge in [0.1, 0.15) is 5.82 Å². The first-order valence-electron chi connectivity index (χ1n) is 6.10. The van der Waals surface area contributed by atoms with Crippen LogP contribution < -0.4 is 10.2 Å². The Kier molecular flexibility index (Phi) is 3.78. The first-order chi connectivity index (χ1) is 8.15. The number of hydrogen-bond acceptors (Lipinski definition) is 5. The predicted molar refractivity (Wildman–Crippen MR) is 70.5 cm³/mol. The first-order valence-corrected chi connectivity index (χ1v) is 6.10. The van der Waals surface area contributed by atoms with Crippen molar-refractivity contribution in [1.82, 2.24) is 14.9 Å². The molecule has 1 aliphatic heterocycles. The van der Waals surface area contributed by atoms with E-state index in [2.05, 4.69) is 27.2 Å². The van der Waals surface area contributed by atoms with Crippen LogP contribution in [0.3, 0.4) is 0 Å². The van der Waals surface area contributed by atoms with Gasteiger partial charge in [-0.25, -0.2) is 4.98 Å². The summed E-state index contributed by atoms with van der Waals surface area (Å²) in [7, 11) is 6.13. The summed E-state index contributed by atoms with van der Waals surface area (Å²) in [6.07, 6.45) is 4.23. The van der Waals surface area contributed by atoms with Gasteiger partial charge in [-0.15, -0.1) is 0 Å². The highest BCUT2D eigenvalue weighted by Gasteiger charge is 2.17. The lowest BCUT2D eigenvalue weighted by atomic mass is 10.1. The maximum atomic E-state index is 4.48. The maximum absolute atomic E-state index is 4.48. The molecule has 1 atom stereocenters. The molecule has 1 unspecified atom stereocenters. The van der Waals surface area contributed by atoms with Crippen molar-refractivity contribution in [2.75, 3.05) is 44.4 Å². The van der Waals surface area contributed by atoms with E-state index in [-0.39, 0.29) is 0 Å². The Labute approximate surface area is 103 Å². The Hall–Kier alpha value is -1.36. The number of rotatable bonds is 3. The van der Waals surface area contributed by atoms with Gasteiger partial charge in [0.2, 0.25) is 5.95 Å². The average molecular weight is 235 g/mol. The zero-order valence-corrected chi connectivity index (χ0v) is 10.8. The molecule has 0 aliphatic carbocycles. The molecule has 1 N–H and O–H groups in total. The van der Waals surface area contributed by atoms with Crippen LogP contribution in [0.5, 0.6) is 0 Å². The van der Waals surface area contributed by atoms with Gasteiger partial charge in [-0.1, -0.05) is 0 Å². The van der Waals surface area contributed by atoms with Crippen LogP contribution in [-0.4, -0.2) is 55.1 Å². The molecule has 1 aliphatic rings. The Morgan fingerprint density at radius 2 is 2.29 bits per heavy atom. The molecule has 1 aromatic heterocycles. The second-order valence-corrected chi connectivity index (χ2v) is 4.88. The topological polar surface area (TPSA) is 44.3 Å². The normalized spacial score (nSPS) is 21.2. The molecule has 0 spiro atoms. The van der Waals surface area contributed by atoms with Crippen LogP contribution in [-0.2, 0) is 0 Å². The van der Waals surface area contributed by atoms with Gasteiger partial charge in [0.15, 0.2) is 0 Å². The van der Waals surface area contributed by atoms with Crippen molar-refractivity contribution in [3.63, 3.8) is 0 Å². The lowest BCUT2D eigenvalue weighted by Gasteiger charge is -2.30. The standard InChI is InChI=1S/C12H21N5/c1-16(2)11-6-7-13-12(15-11)14-10-5-4-8-17(3)9-10/h6-7,10H,4-5,8-9H2,1-3H3,(H,13,14,15). The fourth-order valence-electron chi connectivity index (χ4n) is 2.13. The highest BCUT2D eigenvalue weighted by Crippen LogP contribution is 2.14. The minimum atomic E-state index is 0.464. The number of nitrogens with zero attached hydrogens (tertiary/aromatic N) is 4. The molecule has 1 aromatic rings. The molecule has 0 saturated carbocycles. The van der Waals surface area contributed by atoms with Gasteiger partial charge < -0.3 is 15.1 Å². The lowest BCUT2D eigenvalue weighted by Crippen LogP contribution is -2.40. The highest BCUT2D eigenvalue weighted by molar-refractivity contribution is 5.41. The van der Waals surface area contributed by atoms with E-state index in [4.69, 9.17) is 0 Å². The molecule has 1 saturated heterocycles. The van der Waals surface area contributed by atoms with Crippen molar-refractivity contribution in [3.05, 3.63) is 12.3 Å². The van der Waals surface area contributed by atoms with E-state index < -0.39 is 0 Å². The molecule has 2 heterocycles. The maximum Gasteiger partial charge on any atom is 0.224 e. The number of nitrogens with one attached hydrogen (secondary N) is 1. The van der Waals surface area contributed by atoms with Crippen molar-refractivity contribution < 1.29 is 0 Å². The molecule has 1 fully saturated rings. The van der Waals surface area contributed by atoms with E-state index in [9.17, 15) is 0 Å². The van der Waals surface area contributed by atoms with Gasteiger partial charge in [-0.05, 0) is 32.5 Å². The van der Waals surface area contributed by atoms with Gasteiger partial charge in [0.25, 0.3) is 0 Å². The Morgan fingerprint density at radius 1 is 1.47 bits per heavy atom. The van der Waals surface area contributed by atoms with Crippen LogP contribution in [0, 0.1) is 0 Å². The molecule has 5 heteroatoms. The second-order valence-electron chi connectivity index (χ2n) is 4.88. The summed E-state index contributed by atoms with van der Waals surface area (Å²) in [5.74, 6) is 1.67. The number of anilines is 2. The Bertz CT molecular complexity index is 366. The lowest BCUT2D eigenvalue weighted by molar-refractivity contribution is 0.260. The van der Waals surface area contributed by atoms with Gasteiger partial charge in [0, 0.05) is 32.9 Å². The summed E-state index contributed by atoms with van der Waals surface area (Å²) in [6.45, 7) is 2.26. The number of aromatic nitrogens is 2. The van der Waals surface area contributed by atoms with E-state index >= 15 is 0 Å². The van der Waals surface area contributed by atoms with E-state index in [1.807, 2.05) is 25.1 Å². The molecule has 0 amide bonds. The summed E-state index contributed by atoms with van der Waals surface area (Å²) in [4.78, 5) is 13.1. The second kappa shape index (κ2) is 5.31. The van der Waals surface area contributed by atoms with Crippen molar-refractivity contribution in [2.45, 2.75) is 18.9 Å². The molecule has 0 radical (unpaired) electrons. The zero-order valence-electron chi connectivity index (χ0n) is 10.8. The van der Waals surface area contributed by atoms with Crippen LogP contribution in [0.15, 0.2) is 12.3 Å². The highest BCUT2D eigenvalue weighted by atomic mass is 15.2. The van der Waals surface area contributed by atoms with Gasteiger partial charge >= 0.3 is 0 Å². The van der Waals surface area contributed by atoms with Crippen molar-refractivity contribution >= 4 is 11.8 Å². The molecular weight excluding hydrogens is 214 g/mol. The van der Waals surface area contributed by atoms with E-state index in [1.54, 1.807) is 6.20 Å². The van der Waals surface area contributed by atoms with Crippen LogP contribution >= 0.6 is 0 Å². The fourth-order valence-corrected chi connectivity index (χ4v) is 2.13. The SMILES string of the molecule is CN1CCCC(Nc2nccc(N(C)C)n2)C1. The summed E-state index contributed by atoms with van der Waals surface area (Å²) in [5.41, 5.74) is 0. The number of likely N-dealkylation sites (tertiary alicyclic amines) is 1. The number of hydrogen-bond donors (Lipinski definition) is 1. The van der Waals surface area contributed by atoms with Crippen molar-refractivity contribution in [2.24, 2.45) is 0 Å². The van der Waals surface area contributed by atoms with Crippen LogP contribution in [0.25, 0.3) is 0 Å². The summed E-state index contributed by atoms with van der Waals surface area (Å²) >= 11 is 0. The van der Waals surface area contributed by atoms with Crippen molar-refractivity contribution in [1.29, 1.82) is 0 Å². The predicted octanol–water partition coefficient (Wildman–Crippen LogP) is 1.05. The Balaban J connectivity index is 2.00. The van der Waals surface area contributed by atoms with E-state index in [1.165, 1.54) is 19.4 Å². The van der Waals surface area contributed by atoms with Crippen molar-refractivity contribution in [3.8, 4) is 0 Å². The first kappa shape index (κ1) is 12.1. The Morgan fingerprint density at radius 3 is 3.00 bits per heavy atom. The zero-order chi connectivity index (χ0) is 12.3. The molecule has 2 rings (SSSR count). The molecular formula is C12H21N5. The summed E-state index contributed by atoms with van der Waals surface area (Å²) in [5, 5.41) is 3.42. The molecule has 17 heavy (non-hydrogen) atoms. The molecule has 5 nitrogen and oxygen atoms in total. The monoisotopic (exact) mass is 235 g/mol. The summed E-state index contributed by atoms with van der Waals surface area (Å²) in [6, 6.07) is 2.38. The smallest absolute Gasteiger partial charge is 0.224 e. The molecule has 94 valence electrons. The average Bonchev–Trinajstić information content (AvgIpc) is 2.29. The number of likely N-dealkylation sites (N-methyl/N-ethyl adjacent to an activating group) is 1. The molecule has 0 aromatic carbocycles. The van der Waals surface area contributed by atoms with Crippen LogP contribution in [0.2, 0.25) is 0 Å². The molecule has 0 bridgehead atoms. The van der Waals surface area contributed by atoms with Gasteiger partial charge in [0.05, 0.1) is 0 Å².